The predicted octanol–water partition coefficient (Wildman–Crippen LogP) is 4.02. The summed E-state index contributed by atoms with van der Waals surface area (Å²) in [6.07, 6.45) is 2.35. The fourth-order valence-corrected chi connectivity index (χ4v) is 3.91. The lowest BCUT2D eigenvalue weighted by molar-refractivity contribution is 0.179. The quantitative estimate of drug-likeness (QED) is 0.822. The molecule has 2 nitrogen and oxygen atoms in total. The molecule has 1 heterocycles. The first kappa shape index (κ1) is 15.2. The molecule has 2 N–H and O–H groups in total. The van der Waals surface area contributed by atoms with Gasteiger partial charge in [-0.1, -0.05) is 13.8 Å². The summed E-state index contributed by atoms with van der Waals surface area (Å²) in [5.41, 5.74) is 6.19. The van der Waals surface area contributed by atoms with Gasteiger partial charge in [0.2, 0.25) is 0 Å². The standard InChI is InChI=1S/C13H23BrN2S/c1-4-6-16(7-5-2)13(10(3)15)12-8-11(14)9-17-12/h8-10,13H,4-7,15H2,1-3H3. The molecule has 1 rings (SSSR count). The molecule has 2 unspecified atom stereocenters. The van der Waals surface area contributed by atoms with E-state index in [2.05, 4.69) is 53.0 Å². The zero-order valence-electron chi connectivity index (χ0n) is 10.9. The number of hydrogen-bond acceptors (Lipinski definition) is 3. The van der Waals surface area contributed by atoms with E-state index in [4.69, 9.17) is 5.73 Å². The van der Waals surface area contributed by atoms with Crippen LogP contribution in [-0.2, 0) is 0 Å². The zero-order chi connectivity index (χ0) is 12.8. The van der Waals surface area contributed by atoms with Gasteiger partial charge >= 0.3 is 0 Å². The monoisotopic (exact) mass is 318 g/mol. The van der Waals surface area contributed by atoms with Crippen LogP contribution in [0.4, 0.5) is 0 Å². The molecule has 1 aromatic rings. The molecule has 17 heavy (non-hydrogen) atoms. The van der Waals surface area contributed by atoms with Crippen molar-refractivity contribution in [3.8, 4) is 0 Å². The Morgan fingerprint density at radius 2 is 1.94 bits per heavy atom. The third kappa shape index (κ3) is 4.36. The van der Waals surface area contributed by atoms with Crippen LogP contribution in [0.15, 0.2) is 15.9 Å². The minimum absolute atomic E-state index is 0.165. The highest BCUT2D eigenvalue weighted by Gasteiger charge is 2.24. The van der Waals surface area contributed by atoms with Gasteiger partial charge in [0.1, 0.15) is 0 Å². The van der Waals surface area contributed by atoms with Crippen molar-refractivity contribution in [1.82, 2.24) is 4.90 Å². The van der Waals surface area contributed by atoms with Crippen LogP contribution < -0.4 is 5.73 Å². The first-order valence-corrected chi connectivity index (χ1v) is 8.01. The summed E-state index contributed by atoms with van der Waals surface area (Å²) < 4.78 is 1.16. The summed E-state index contributed by atoms with van der Waals surface area (Å²) in [5.74, 6) is 0. The molecule has 0 aliphatic heterocycles. The highest BCUT2D eigenvalue weighted by molar-refractivity contribution is 9.10. The van der Waals surface area contributed by atoms with E-state index in [9.17, 15) is 0 Å². The van der Waals surface area contributed by atoms with Crippen LogP contribution in [0.3, 0.4) is 0 Å². The van der Waals surface area contributed by atoms with Gasteiger partial charge in [-0.05, 0) is 54.9 Å². The summed E-state index contributed by atoms with van der Waals surface area (Å²) in [6.45, 7) is 8.80. The van der Waals surface area contributed by atoms with E-state index in [1.165, 1.54) is 17.7 Å². The topological polar surface area (TPSA) is 29.3 Å². The first-order valence-electron chi connectivity index (χ1n) is 6.33. The van der Waals surface area contributed by atoms with E-state index < -0.39 is 0 Å². The fourth-order valence-electron chi connectivity index (χ4n) is 2.22. The van der Waals surface area contributed by atoms with Gasteiger partial charge in [0.05, 0.1) is 6.04 Å². The number of rotatable bonds is 7. The summed E-state index contributed by atoms with van der Waals surface area (Å²) in [4.78, 5) is 3.89. The SMILES string of the molecule is CCCN(CCC)C(c1cc(Br)cs1)C(C)N. The van der Waals surface area contributed by atoms with Crippen molar-refractivity contribution >= 4 is 27.3 Å². The molecule has 0 saturated carbocycles. The minimum atomic E-state index is 0.165. The highest BCUT2D eigenvalue weighted by atomic mass is 79.9. The van der Waals surface area contributed by atoms with Gasteiger partial charge in [0.25, 0.3) is 0 Å². The third-order valence-corrected chi connectivity index (χ3v) is 4.56. The Balaban J connectivity index is 2.89. The lowest BCUT2D eigenvalue weighted by Gasteiger charge is -2.33. The van der Waals surface area contributed by atoms with Crippen LogP contribution in [0.5, 0.6) is 0 Å². The Morgan fingerprint density at radius 1 is 1.35 bits per heavy atom. The smallest absolute Gasteiger partial charge is 0.0591 e. The van der Waals surface area contributed by atoms with E-state index >= 15 is 0 Å². The molecule has 98 valence electrons. The van der Waals surface area contributed by atoms with Crippen LogP contribution >= 0.6 is 27.3 Å². The van der Waals surface area contributed by atoms with Gasteiger partial charge in [-0.3, -0.25) is 4.90 Å². The van der Waals surface area contributed by atoms with Crippen molar-refractivity contribution in [3.05, 3.63) is 20.8 Å². The Kier molecular flexibility index (Phi) is 6.70. The molecule has 0 saturated heterocycles. The fraction of sp³-hybridized carbons (Fsp3) is 0.692. The maximum atomic E-state index is 6.19. The van der Waals surface area contributed by atoms with Gasteiger partial charge in [0, 0.05) is 20.8 Å². The molecule has 0 fully saturated rings. The summed E-state index contributed by atoms with van der Waals surface area (Å²) in [7, 11) is 0. The Morgan fingerprint density at radius 3 is 2.29 bits per heavy atom. The van der Waals surface area contributed by atoms with Crippen molar-refractivity contribution in [2.45, 2.75) is 45.7 Å². The number of halogens is 1. The molecular formula is C13H23BrN2S. The van der Waals surface area contributed by atoms with Crippen molar-refractivity contribution in [1.29, 1.82) is 0 Å². The summed E-state index contributed by atoms with van der Waals surface area (Å²) in [6, 6.07) is 2.72. The number of nitrogens with two attached hydrogens (primary N) is 1. The lowest BCUT2D eigenvalue weighted by Crippen LogP contribution is -2.40. The van der Waals surface area contributed by atoms with E-state index in [1.54, 1.807) is 11.3 Å². The first-order chi connectivity index (χ1) is 8.10. The van der Waals surface area contributed by atoms with Gasteiger partial charge in [0.15, 0.2) is 0 Å². The molecule has 1 aromatic heterocycles. The van der Waals surface area contributed by atoms with Crippen LogP contribution in [0.25, 0.3) is 0 Å². The van der Waals surface area contributed by atoms with E-state index in [1.807, 2.05) is 0 Å². The van der Waals surface area contributed by atoms with Gasteiger partial charge in [-0.25, -0.2) is 0 Å². The zero-order valence-corrected chi connectivity index (χ0v) is 13.4. The number of thiophene rings is 1. The second-order valence-corrected chi connectivity index (χ2v) is 6.37. The van der Waals surface area contributed by atoms with Crippen molar-refractivity contribution in [2.75, 3.05) is 13.1 Å². The van der Waals surface area contributed by atoms with Crippen LogP contribution in [0.1, 0.15) is 44.5 Å². The molecule has 0 aliphatic rings. The maximum Gasteiger partial charge on any atom is 0.0591 e. The van der Waals surface area contributed by atoms with Gasteiger partial charge in [-0.15, -0.1) is 11.3 Å². The second kappa shape index (κ2) is 7.52. The predicted molar refractivity (Wildman–Crippen MR) is 80.6 cm³/mol. The lowest BCUT2D eigenvalue weighted by atomic mass is 10.1. The molecule has 0 bridgehead atoms. The van der Waals surface area contributed by atoms with Crippen LogP contribution in [0.2, 0.25) is 0 Å². The summed E-state index contributed by atoms with van der Waals surface area (Å²) >= 11 is 5.33. The molecule has 0 aliphatic carbocycles. The number of nitrogens with zero attached hydrogens (tertiary/aromatic N) is 1. The Hall–Kier alpha value is 0.1000. The summed E-state index contributed by atoms with van der Waals surface area (Å²) in [5, 5.41) is 2.14. The molecule has 0 radical (unpaired) electrons. The van der Waals surface area contributed by atoms with E-state index in [-0.39, 0.29) is 6.04 Å². The number of hydrogen-bond donors (Lipinski definition) is 1. The molecular weight excluding hydrogens is 296 g/mol. The Bertz CT molecular complexity index is 319. The largest absolute Gasteiger partial charge is 0.326 e. The average Bonchev–Trinajstić information content (AvgIpc) is 2.65. The highest BCUT2D eigenvalue weighted by Crippen LogP contribution is 2.31. The van der Waals surface area contributed by atoms with Gasteiger partial charge in [-0.2, -0.15) is 0 Å². The molecule has 0 aromatic carbocycles. The second-order valence-electron chi connectivity index (χ2n) is 4.51. The van der Waals surface area contributed by atoms with Crippen molar-refractivity contribution in [2.24, 2.45) is 5.73 Å². The normalized spacial score (nSPS) is 15.2. The molecule has 4 heteroatoms. The molecule has 2 atom stereocenters. The van der Waals surface area contributed by atoms with Gasteiger partial charge < -0.3 is 5.73 Å². The minimum Gasteiger partial charge on any atom is -0.326 e. The average molecular weight is 319 g/mol. The molecule has 0 amide bonds. The third-order valence-electron chi connectivity index (χ3n) is 2.79. The van der Waals surface area contributed by atoms with Crippen molar-refractivity contribution < 1.29 is 0 Å². The van der Waals surface area contributed by atoms with E-state index in [0.717, 1.165) is 17.6 Å². The van der Waals surface area contributed by atoms with Crippen LogP contribution in [0, 0.1) is 0 Å². The van der Waals surface area contributed by atoms with Crippen LogP contribution in [-0.4, -0.2) is 24.0 Å². The van der Waals surface area contributed by atoms with Crippen molar-refractivity contribution in [3.63, 3.8) is 0 Å². The maximum absolute atomic E-state index is 6.19. The Labute approximate surface area is 117 Å². The van der Waals surface area contributed by atoms with E-state index in [0.29, 0.717) is 6.04 Å². The molecule has 0 spiro atoms.